The van der Waals surface area contributed by atoms with Crippen LogP contribution in [0, 0.1) is 5.92 Å². The first-order valence-corrected chi connectivity index (χ1v) is 7.30. The zero-order chi connectivity index (χ0) is 15.2. The quantitative estimate of drug-likeness (QED) is 0.763. The van der Waals surface area contributed by atoms with Crippen LogP contribution in [0.1, 0.15) is 52.4 Å². The van der Waals surface area contributed by atoms with Gasteiger partial charge in [0, 0.05) is 5.54 Å². The molecule has 0 heterocycles. The fourth-order valence-corrected chi connectivity index (χ4v) is 2.79. The molecule has 0 amide bonds. The fourth-order valence-electron chi connectivity index (χ4n) is 2.79. The molecular weight excluding hydrogens is 271 g/mol. The Morgan fingerprint density at radius 1 is 1.30 bits per heavy atom. The van der Waals surface area contributed by atoms with Crippen LogP contribution in [0.4, 0.5) is 13.2 Å². The Kier molecular flexibility index (Phi) is 6.30. The van der Waals surface area contributed by atoms with Gasteiger partial charge in [-0.05, 0) is 45.6 Å². The van der Waals surface area contributed by atoms with E-state index in [4.69, 9.17) is 4.74 Å². The number of rotatable bonds is 6. The topological polar surface area (TPSA) is 38.3 Å². The van der Waals surface area contributed by atoms with E-state index in [2.05, 4.69) is 5.32 Å². The molecule has 1 saturated carbocycles. The van der Waals surface area contributed by atoms with Crippen molar-refractivity contribution in [1.82, 2.24) is 5.32 Å². The van der Waals surface area contributed by atoms with Gasteiger partial charge >= 0.3 is 12.1 Å². The number of halogens is 3. The van der Waals surface area contributed by atoms with Crippen molar-refractivity contribution in [2.45, 2.75) is 64.1 Å². The molecule has 1 fully saturated rings. The van der Waals surface area contributed by atoms with Crippen molar-refractivity contribution >= 4 is 5.97 Å². The maximum Gasteiger partial charge on any atom is 0.391 e. The zero-order valence-electron chi connectivity index (χ0n) is 12.2. The summed E-state index contributed by atoms with van der Waals surface area (Å²) >= 11 is 0. The van der Waals surface area contributed by atoms with Gasteiger partial charge in [-0.3, -0.25) is 4.79 Å². The highest BCUT2D eigenvalue weighted by Gasteiger charge is 2.46. The van der Waals surface area contributed by atoms with E-state index >= 15 is 0 Å². The van der Waals surface area contributed by atoms with Crippen molar-refractivity contribution in [3.63, 3.8) is 0 Å². The van der Waals surface area contributed by atoms with Crippen LogP contribution < -0.4 is 5.32 Å². The number of carbonyl (C=O) groups excluding carboxylic acids is 1. The van der Waals surface area contributed by atoms with Gasteiger partial charge in [0.05, 0.1) is 18.9 Å². The van der Waals surface area contributed by atoms with E-state index < -0.39 is 17.6 Å². The first-order chi connectivity index (χ1) is 9.33. The average Bonchev–Trinajstić information content (AvgIpc) is 2.36. The molecule has 20 heavy (non-hydrogen) atoms. The summed E-state index contributed by atoms with van der Waals surface area (Å²) in [7, 11) is 0. The molecule has 1 aliphatic rings. The second-order valence-corrected chi connectivity index (χ2v) is 5.50. The van der Waals surface area contributed by atoms with Crippen LogP contribution in [0.3, 0.4) is 0 Å². The normalized spacial score (nSPS) is 27.4. The Hall–Kier alpha value is -0.780. The zero-order valence-corrected chi connectivity index (χ0v) is 12.2. The first kappa shape index (κ1) is 17.3. The van der Waals surface area contributed by atoms with E-state index in [1.54, 1.807) is 6.92 Å². The molecular formula is C14H24F3NO2. The van der Waals surface area contributed by atoms with Crippen LogP contribution in [0.2, 0.25) is 0 Å². The van der Waals surface area contributed by atoms with Crippen molar-refractivity contribution in [2.75, 3.05) is 13.2 Å². The van der Waals surface area contributed by atoms with Crippen molar-refractivity contribution in [1.29, 1.82) is 0 Å². The smallest absolute Gasteiger partial charge is 0.391 e. The number of hydrogen-bond acceptors (Lipinski definition) is 3. The molecule has 0 aromatic heterocycles. The summed E-state index contributed by atoms with van der Waals surface area (Å²) in [6.45, 7) is 4.72. The monoisotopic (exact) mass is 295 g/mol. The van der Waals surface area contributed by atoms with Crippen molar-refractivity contribution in [2.24, 2.45) is 5.92 Å². The first-order valence-electron chi connectivity index (χ1n) is 7.30. The summed E-state index contributed by atoms with van der Waals surface area (Å²) in [5.74, 6) is -1.57. The SMILES string of the molecule is CCCNC1(CC(=O)OCC)CCC(C(F)(F)F)CC1. The van der Waals surface area contributed by atoms with Crippen LogP contribution in [-0.2, 0) is 9.53 Å². The van der Waals surface area contributed by atoms with E-state index in [0.717, 1.165) is 6.42 Å². The second-order valence-electron chi connectivity index (χ2n) is 5.50. The molecule has 0 radical (unpaired) electrons. The highest BCUT2D eigenvalue weighted by atomic mass is 19.4. The fraction of sp³-hybridized carbons (Fsp3) is 0.929. The van der Waals surface area contributed by atoms with Crippen LogP contribution in [0.5, 0.6) is 0 Å². The van der Waals surface area contributed by atoms with E-state index in [1.165, 1.54) is 0 Å². The minimum absolute atomic E-state index is 0.0830. The highest BCUT2D eigenvalue weighted by Crippen LogP contribution is 2.42. The van der Waals surface area contributed by atoms with Crippen LogP contribution in [0.15, 0.2) is 0 Å². The minimum Gasteiger partial charge on any atom is -0.466 e. The van der Waals surface area contributed by atoms with Crippen LogP contribution >= 0.6 is 0 Å². The highest BCUT2D eigenvalue weighted by molar-refractivity contribution is 5.71. The molecule has 6 heteroatoms. The van der Waals surface area contributed by atoms with E-state index in [9.17, 15) is 18.0 Å². The third kappa shape index (κ3) is 4.96. The van der Waals surface area contributed by atoms with Gasteiger partial charge in [-0.2, -0.15) is 13.2 Å². The Bertz CT molecular complexity index is 310. The van der Waals surface area contributed by atoms with Gasteiger partial charge in [-0.1, -0.05) is 6.92 Å². The molecule has 0 aliphatic heterocycles. The lowest BCUT2D eigenvalue weighted by Crippen LogP contribution is -2.51. The molecule has 3 nitrogen and oxygen atoms in total. The molecule has 0 unspecified atom stereocenters. The van der Waals surface area contributed by atoms with E-state index in [-0.39, 0.29) is 25.2 Å². The molecule has 0 aromatic rings. The van der Waals surface area contributed by atoms with Gasteiger partial charge in [0.2, 0.25) is 0 Å². The Morgan fingerprint density at radius 3 is 2.35 bits per heavy atom. The molecule has 0 spiro atoms. The number of carbonyl (C=O) groups is 1. The third-order valence-corrected chi connectivity index (χ3v) is 3.94. The standard InChI is InChI=1S/C14H24F3NO2/c1-3-9-18-13(10-12(19)20-4-2)7-5-11(6-8-13)14(15,16)17/h11,18H,3-10H2,1-2H3. The number of alkyl halides is 3. The van der Waals surface area contributed by atoms with Crippen molar-refractivity contribution in [3.05, 3.63) is 0 Å². The summed E-state index contributed by atoms with van der Waals surface area (Å²) < 4.78 is 43.1. The molecule has 0 aromatic carbocycles. The average molecular weight is 295 g/mol. The molecule has 1 N–H and O–H groups in total. The molecule has 118 valence electrons. The minimum atomic E-state index is -4.12. The summed E-state index contributed by atoms with van der Waals surface area (Å²) in [6, 6.07) is 0. The second kappa shape index (κ2) is 7.29. The summed E-state index contributed by atoms with van der Waals surface area (Å²) in [5.41, 5.74) is -0.524. The van der Waals surface area contributed by atoms with Gasteiger partial charge < -0.3 is 10.1 Å². The third-order valence-electron chi connectivity index (χ3n) is 3.94. The van der Waals surface area contributed by atoms with E-state index in [0.29, 0.717) is 26.0 Å². The van der Waals surface area contributed by atoms with Gasteiger partial charge in [-0.25, -0.2) is 0 Å². The molecule has 1 aliphatic carbocycles. The lowest BCUT2D eigenvalue weighted by atomic mass is 9.74. The summed E-state index contributed by atoms with van der Waals surface area (Å²) in [6.07, 6.45) is -2.18. The largest absolute Gasteiger partial charge is 0.466 e. The Balaban J connectivity index is 2.65. The summed E-state index contributed by atoms with van der Waals surface area (Å²) in [5, 5.41) is 3.28. The Morgan fingerprint density at radius 2 is 1.90 bits per heavy atom. The van der Waals surface area contributed by atoms with Gasteiger partial charge in [0.1, 0.15) is 0 Å². The van der Waals surface area contributed by atoms with Crippen LogP contribution in [-0.4, -0.2) is 30.8 Å². The van der Waals surface area contributed by atoms with Gasteiger partial charge in [-0.15, -0.1) is 0 Å². The van der Waals surface area contributed by atoms with Crippen molar-refractivity contribution < 1.29 is 22.7 Å². The van der Waals surface area contributed by atoms with Gasteiger partial charge in [0.15, 0.2) is 0 Å². The predicted octanol–water partition coefficient (Wildman–Crippen LogP) is 3.43. The number of nitrogens with one attached hydrogen (secondary N) is 1. The predicted molar refractivity (Wildman–Crippen MR) is 70.3 cm³/mol. The summed E-state index contributed by atoms with van der Waals surface area (Å²) in [4.78, 5) is 11.7. The number of esters is 1. The lowest BCUT2D eigenvalue weighted by molar-refractivity contribution is -0.185. The number of hydrogen-bond donors (Lipinski definition) is 1. The maximum absolute atomic E-state index is 12.7. The molecule has 0 bridgehead atoms. The van der Waals surface area contributed by atoms with Crippen molar-refractivity contribution in [3.8, 4) is 0 Å². The molecule has 0 atom stereocenters. The Labute approximate surface area is 118 Å². The van der Waals surface area contributed by atoms with Gasteiger partial charge in [0.25, 0.3) is 0 Å². The van der Waals surface area contributed by atoms with Crippen LogP contribution in [0.25, 0.3) is 0 Å². The maximum atomic E-state index is 12.7. The molecule has 0 saturated heterocycles. The number of ether oxygens (including phenoxy) is 1. The molecule has 1 rings (SSSR count). The van der Waals surface area contributed by atoms with E-state index in [1.807, 2.05) is 6.92 Å². The lowest BCUT2D eigenvalue weighted by Gasteiger charge is -2.41.